The zero-order valence-corrected chi connectivity index (χ0v) is 55.8. The molecule has 0 fully saturated rings. The molecule has 0 N–H and O–H groups in total. The van der Waals surface area contributed by atoms with E-state index in [9.17, 15) is 14.4 Å². The van der Waals surface area contributed by atoms with Gasteiger partial charge in [-0.15, -0.1) is 0 Å². The van der Waals surface area contributed by atoms with Crippen molar-refractivity contribution in [1.82, 2.24) is 0 Å². The van der Waals surface area contributed by atoms with Crippen molar-refractivity contribution in [3.8, 4) is 0 Å². The highest BCUT2D eigenvalue weighted by Gasteiger charge is 2.20. The van der Waals surface area contributed by atoms with E-state index in [0.717, 1.165) is 64.2 Å². The van der Waals surface area contributed by atoms with E-state index in [1.807, 2.05) is 0 Å². The van der Waals surface area contributed by atoms with Gasteiger partial charge in [0.25, 0.3) is 0 Å². The Balaban J connectivity index is 4.24. The Bertz CT molecular complexity index is 1320. The molecule has 0 aliphatic carbocycles. The minimum Gasteiger partial charge on any atom is -0.462 e. The minimum absolute atomic E-state index is 0.0661. The monoisotopic (exact) mass is 1150 g/mol. The SMILES string of the molecule is CCCCC/C=C\C/C=C\CCCCCCCCCCCC(=O)OC(COC(=O)CCCCCCCCCCCCCCCCCCCC)COC(=O)CCCCCCCCCCCCCCCCCCCCCCCCCCCCC. The van der Waals surface area contributed by atoms with Crippen LogP contribution in [0.3, 0.4) is 0 Å². The van der Waals surface area contributed by atoms with Gasteiger partial charge in [0, 0.05) is 19.3 Å². The first-order valence-corrected chi connectivity index (χ1v) is 37.3. The average Bonchev–Trinajstić information content (AvgIpc) is 3.47. The molecule has 82 heavy (non-hydrogen) atoms. The predicted octanol–water partition coefficient (Wildman–Crippen LogP) is 25.7. The predicted molar refractivity (Wildman–Crippen MR) is 358 cm³/mol. The lowest BCUT2D eigenvalue weighted by molar-refractivity contribution is -0.167. The highest BCUT2D eigenvalue weighted by molar-refractivity contribution is 5.71. The van der Waals surface area contributed by atoms with Crippen LogP contribution in [0.15, 0.2) is 24.3 Å². The van der Waals surface area contributed by atoms with Crippen LogP contribution in [0.25, 0.3) is 0 Å². The van der Waals surface area contributed by atoms with E-state index in [4.69, 9.17) is 14.2 Å². The molecule has 0 aromatic heterocycles. The van der Waals surface area contributed by atoms with E-state index >= 15 is 0 Å². The molecule has 0 spiro atoms. The van der Waals surface area contributed by atoms with E-state index in [0.29, 0.717) is 19.3 Å². The molecule has 0 amide bonds. The topological polar surface area (TPSA) is 78.9 Å². The fourth-order valence-electron chi connectivity index (χ4n) is 11.6. The molecule has 0 saturated carbocycles. The Labute approximate surface area is 513 Å². The van der Waals surface area contributed by atoms with Crippen LogP contribution in [0.5, 0.6) is 0 Å². The number of carbonyl (C=O) groups excluding carboxylic acids is 3. The molecule has 484 valence electrons. The Hall–Kier alpha value is -2.11. The molecule has 0 aromatic rings. The van der Waals surface area contributed by atoms with Gasteiger partial charge >= 0.3 is 17.9 Å². The second-order valence-electron chi connectivity index (χ2n) is 25.6. The Morgan fingerprint density at radius 3 is 0.695 bits per heavy atom. The molecule has 0 aliphatic heterocycles. The van der Waals surface area contributed by atoms with Crippen molar-refractivity contribution >= 4 is 17.9 Å². The van der Waals surface area contributed by atoms with E-state index < -0.39 is 6.10 Å². The summed E-state index contributed by atoms with van der Waals surface area (Å²) in [5.74, 6) is -0.833. The summed E-state index contributed by atoms with van der Waals surface area (Å²) < 4.78 is 17.0. The van der Waals surface area contributed by atoms with Gasteiger partial charge in [0.2, 0.25) is 0 Å². The molecule has 6 heteroatoms. The first-order valence-electron chi connectivity index (χ1n) is 37.3. The first kappa shape index (κ1) is 79.9. The number of allylic oxidation sites excluding steroid dienone is 4. The van der Waals surface area contributed by atoms with Crippen LogP contribution < -0.4 is 0 Å². The summed E-state index contributed by atoms with van der Waals surface area (Å²) in [4.78, 5) is 38.5. The van der Waals surface area contributed by atoms with Crippen LogP contribution in [0, 0.1) is 0 Å². The quantitative estimate of drug-likeness (QED) is 0.0261. The van der Waals surface area contributed by atoms with Gasteiger partial charge in [-0.25, -0.2) is 0 Å². The lowest BCUT2D eigenvalue weighted by Crippen LogP contribution is -2.30. The molecule has 1 unspecified atom stereocenters. The smallest absolute Gasteiger partial charge is 0.306 e. The number of ether oxygens (including phenoxy) is 3. The standard InChI is InChI=1S/C76H144O6/c1-4-7-10-13-16-19-22-25-28-31-34-35-36-37-38-39-40-41-43-45-48-51-54-57-60-63-66-69-75(78)81-72-73(71-80-74(77)68-65-62-59-56-53-50-47-44-33-30-27-24-21-18-15-12-9-6-3)82-76(79)70-67-64-61-58-55-52-49-46-42-32-29-26-23-20-17-14-11-8-5-2/h17,20,26,29,73H,4-16,18-19,21-25,27-28,30-72H2,1-3H3/b20-17-,29-26-. The molecular formula is C76H144O6. The molecule has 1 atom stereocenters. The second-order valence-corrected chi connectivity index (χ2v) is 25.6. The maximum atomic E-state index is 13.0. The zero-order valence-electron chi connectivity index (χ0n) is 55.8. The normalized spacial score (nSPS) is 12.1. The molecule has 0 saturated heterocycles. The second kappa shape index (κ2) is 71.4. The highest BCUT2D eigenvalue weighted by atomic mass is 16.6. The summed E-state index contributed by atoms with van der Waals surface area (Å²) in [6, 6.07) is 0. The third-order valence-corrected chi connectivity index (χ3v) is 17.2. The number of esters is 3. The van der Waals surface area contributed by atoms with E-state index in [1.54, 1.807) is 0 Å². The van der Waals surface area contributed by atoms with Gasteiger partial charge < -0.3 is 14.2 Å². The van der Waals surface area contributed by atoms with Crippen LogP contribution >= 0.6 is 0 Å². The highest BCUT2D eigenvalue weighted by Crippen LogP contribution is 2.19. The molecule has 6 nitrogen and oxygen atoms in total. The van der Waals surface area contributed by atoms with Gasteiger partial charge in [-0.3, -0.25) is 14.4 Å². The zero-order chi connectivity index (χ0) is 59.2. The van der Waals surface area contributed by atoms with Crippen molar-refractivity contribution < 1.29 is 28.6 Å². The maximum absolute atomic E-state index is 13.0. The Morgan fingerprint density at radius 1 is 0.244 bits per heavy atom. The van der Waals surface area contributed by atoms with Gasteiger partial charge in [-0.2, -0.15) is 0 Å². The number of carbonyl (C=O) groups is 3. The number of unbranched alkanes of at least 4 members (excludes halogenated alkanes) is 55. The van der Waals surface area contributed by atoms with E-state index in [-0.39, 0.29) is 31.1 Å². The van der Waals surface area contributed by atoms with Crippen molar-refractivity contribution in [1.29, 1.82) is 0 Å². The van der Waals surface area contributed by atoms with Gasteiger partial charge in [0.1, 0.15) is 13.2 Å². The van der Waals surface area contributed by atoms with Gasteiger partial charge in [-0.05, 0) is 51.4 Å². The summed E-state index contributed by atoms with van der Waals surface area (Å²) in [7, 11) is 0. The minimum atomic E-state index is -0.771. The fourth-order valence-corrected chi connectivity index (χ4v) is 11.6. The summed E-state index contributed by atoms with van der Waals surface area (Å²) in [6.45, 7) is 6.71. The van der Waals surface area contributed by atoms with Crippen LogP contribution in [0.4, 0.5) is 0 Å². The van der Waals surface area contributed by atoms with Crippen molar-refractivity contribution in [2.24, 2.45) is 0 Å². The van der Waals surface area contributed by atoms with Crippen molar-refractivity contribution in [2.75, 3.05) is 13.2 Å². The van der Waals surface area contributed by atoms with Crippen LogP contribution in [0.1, 0.15) is 425 Å². The van der Waals surface area contributed by atoms with Crippen molar-refractivity contribution in [3.05, 3.63) is 24.3 Å². The third-order valence-electron chi connectivity index (χ3n) is 17.2. The van der Waals surface area contributed by atoms with Gasteiger partial charge in [-0.1, -0.05) is 379 Å². The lowest BCUT2D eigenvalue weighted by Gasteiger charge is -2.18. The fraction of sp³-hybridized carbons (Fsp3) is 0.908. The number of hydrogen-bond donors (Lipinski definition) is 0. The Kier molecular flexibility index (Phi) is 69.5. The summed E-state index contributed by atoms with van der Waals surface area (Å²) >= 11 is 0. The Morgan fingerprint density at radius 2 is 0.439 bits per heavy atom. The van der Waals surface area contributed by atoms with Crippen LogP contribution in [-0.2, 0) is 28.6 Å². The summed E-state index contributed by atoms with van der Waals surface area (Å²) in [6.07, 6.45) is 87.9. The molecular weight excluding hydrogens is 1010 g/mol. The summed E-state index contributed by atoms with van der Waals surface area (Å²) in [5.41, 5.74) is 0. The van der Waals surface area contributed by atoms with E-state index in [2.05, 4.69) is 45.1 Å². The molecule has 0 heterocycles. The maximum Gasteiger partial charge on any atom is 0.306 e. The van der Waals surface area contributed by atoms with Gasteiger partial charge in [0.05, 0.1) is 0 Å². The first-order chi connectivity index (χ1) is 40.5. The van der Waals surface area contributed by atoms with Crippen LogP contribution in [0.2, 0.25) is 0 Å². The van der Waals surface area contributed by atoms with Gasteiger partial charge in [0.15, 0.2) is 6.10 Å². The van der Waals surface area contributed by atoms with E-state index in [1.165, 1.54) is 321 Å². The molecule has 0 aliphatic rings. The largest absolute Gasteiger partial charge is 0.462 e. The molecule has 0 radical (unpaired) electrons. The van der Waals surface area contributed by atoms with Crippen molar-refractivity contribution in [3.63, 3.8) is 0 Å². The molecule has 0 bridgehead atoms. The molecule has 0 rings (SSSR count). The number of hydrogen-bond acceptors (Lipinski definition) is 6. The number of rotatable bonds is 70. The summed E-state index contributed by atoms with van der Waals surface area (Å²) in [5, 5.41) is 0. The van der Waals surface area contributed by atoms with Crippen molar-refractivity contribution in [2.45, 2.75) is 431 Å². The molecule has 0 aromatic carbocycles. The average molecular weight is 1150 g/mol. The third kappa shape index (κ3) is 68.7. The lowest BCUT2D eigenvalue weighted by atomic mass is 10.0. The van der Waals surface area contributed by atoms with Crippen LogP contribution in [-0.4, -0.2) is 37.2 Å².